The summed E-state index contributed by atoms with van der Waals surface area (Å²) < 4.78 is 10.7. The lowest BCUT2D eigenvalue weighted by Crippen LogP contribution is -2.41. The van der Waals surface area contributed by atoms with Crippen molar-refractivity contribution in [2.24, 2.45) is 0 Å². The predicted octanol–water partition coefficient (Wildman–Crippen LogP) is 5.35. The predicted molar refractivity (Wildman–Crippen MR) is 123 cm³/mol. The van der Waals surface area contributed by atoms with Crippen LogP contribution < -0.4 is 15.6 Å². The summed E-state index contributed by atoms with van der Waals surface area (Å²) in [5.41, 5.74) is 8.21. The lowest BCUT2D eigenvalue weighted by molar-refractivity contribution is 0.0831. The van der Waals surface area contributed by atoms with E-state index in [0.29, 0.717) is 11.3 Å². The molecule has 0 atom stereocenters. The Balaban J connectivity index is 1.59. The molecule has 4 rings (SSSR count). The molecule has 0 radical (unpaired) electrons. The summed E-state index contributed by atoms with van der Waals surface area (Å²) in [5.74, 6) is -0.579. The molecule has 4 aromatic rings. The normalized spacial score (nSPS) is 10.4. The highest BCUT2D eigenvalue weighted by Gasteiger charge is 2.23. The van der Waals surface area contributed by atoms with E-state index in [1.54, 1.807) is 12.1 Å². The molecule has 7 heteroatoms. The van der Waals surface area contributed by atoms with Gasteiger partial charge in [-0.05, 0) is 29.3 Å². The minimum absolute atomic E-state index is 0.0862. The van der Waals surface area contributed by atoms with Gasteiger partial charge in [-0.3, -0.25) is 20.4 Å². The maximum Gasteiger partial charge on any atom is 0.306 e. The van der Waals surface area contributed by atoms with Gasteiger partial charge in [-0.25, -0.2) is 0 Å². The number of amides is 2. The minimum Gasteiger partial charge on any atom is -0.495 e. The third-order valence-electron chi connectivity index (χ3n) is 4.85. The summed E-state index contributed by atoms with van der Waals surface area (Å²) in [7, 11) is 1.48. The molecule has 0 bridgehead atoms. The fourth-order valence-corrected chi connectivity index (χ4v) is 3.55. The zero-order valence-corrected chi connectivity index (χ0v) is 17.8. The van der Waals surface area contributed by atoms with Crippen LogP contribution in [0.1, 0.15) is 20.9 Å². The molecule has 0 aliphatic carbocycles. The molecule has 3 aromatic carbocycles. The molecule has 0 saturated heterocycles. The average molecular weight is 447 g/mol. The van der Waals surface area contributed by atoms with Crippen molar-refractivity contribution in [3.8, 4) is 28.0 Å². The van der Waals surface area contributed by atoms with E-state index in [2.05, 4.69) is 10.9 Å². The van der Waals surface area contributed by atoms with Crippen LogP contribution in [0.15, 0.2) is 89.5 Å². The van der Waals surface area contributed by atoms with E-state index in [-0.39, 0.29) is 16.3 Å². The van der Waals surface area contributed by atoms with Gasteiger partial charge in [0.15, 0.2) is 0 Å². The van der Waals surface area contributed by atoms with Crippen molar-refractivity contribution in [3.63, 3.8) is 0 Å². The van der Waals surface area contributed by atoms with E-state index in [1.165, 1.54) is 19.4 Å². The fraction of sp³-hybridized carbons (Fsp3) is 0.0400. The number of nitrogens with one attached hydrogen (secondary N) is 2. The highest BCUT2D eigenvalue weighted by molar-refractivity contribution is 6.32. The molecule has 0 aliphatic heterocycles. The molecule has 6 nitrogen and oxygen atoms in total. The van der Waals surface area contributed by atoms with Gasteiger partial charge in [0.2, 0.25) is 5.76 Å². The molecule has 0 saturated carbocycles. The Labute approximate surface area is 189 Å². The van der Waals surface area contributed by atoms with Crippen molar-refractivity contribution < 1.29 is 18.7 Å². The number of rotatable bonds is 5. The van der Waals surface area contributed by atoms with Crippen molar-refractivity contribution in [1.82, 2.24) is 10.9 Å². The molecule has 2 amide bonds. The first kappa shape index (κ1) is 21.2. The molecule has 0 fully saturated rings. The van der Waals surface area contributed by atoms with Crippen LogP contribution in [0.2, 0.25) is 5.02 Å². The van der Waals surface area contributed by atoms with Gasteiger partial charge in [0.25, 0.3) is 5.91 Å². The number of carbonyl (C=O) groups excluding carboxylic acids is 2. The number of benzene rings is 3. The molecule has 2 N–H and O–H groups in total. The van der Waals surface area contributed by atoms with Crippen LogP contribution in [0.5, 0.6) is 5.75 Å². The molecular weight excluding hydrogens is 428 g/mol. The first-order valence-corrected chi connectivity index (χ1v) is 10.1. The number of ether oxygens (including phenoxy) is 1. The van der Waals surface area contributed by atoms with E-state index in [0.717, 1.165) is 16.7 Å². The molecule has 160 valence electrons. The van der Waals surface area contributed by atoms with Crippen molar-refractivity contribution in [2.45, 2.75) is 0 Å². The highest BCUT2D eigenvalue weighted by Crippen LogP contribution is 2.36. The van der Waals surface area contributed by atoms with Crippen LogP contribution in [0, 0.1) is 0 Å². The lowest BCUT2D eigenvalue weighted by atomic mass is 9.96. The van der Waals surface area contributed by atoms with Crippen molar-refractivity contribution in [1.29, 1.82) is 0 Å². The van der Waals surface area contributed by atoms with Gasteiger partial charge in [-0.1, -0.05) is 72.3 Å². The van der Waals surface area contributed by atoms with Crippen LogP contribution >= 0.6 is 11.6 Å². The minimum atomic E-state index is -0.584. The van der Waals surface area contributed by atoms with E-state index in [1.807, 2.05) is 60.7 Å². The number of hydrazine groups is 1. The van der Waals surface area contributed by atoms with E-state index in [4.69, 9.17) is 20.8 Å². The van der Waals surface area contributed by atoms with Crippen LogP contribution in [0.4, 0.5) is 0 Å². The number of hydrogen-bond donors (Lipinski definition) is 2. The van der Waals surface area contributed by atoms with Crippen LogP contribution in [-0.4, -0.2) is 18.9 Å². The van der Waals surface area contributed by atoms with Crippen LogP contribution in [0.3, 0.4) is 0 Å². The molecule has 32 heavy (non-hydrogen) atoms. The van der Waals surface area contributed by atoms with Gasteiger partial charge in [0.05, 0.1) is 18.4 Å². The van der Waals surface area contributed by atoms with Gasteiger partial charge < -0.3 is 9.15 Å². The first-order valence-electron chi connectivity index (χ1n) is 9.75. The SMILES string of the molecule is COc1ccc(C(=O)NNC(=O)c2occ(-c3ccccc3)c2-c2ccccc2)cc1Cl. The van der Waals surface area contributed by atoms with E-state index >= 15 is 0 Å². The third-order valence-corrected chi connectivity index (χ3v) is 5.14. The largest absolute Gasteiger partial charge is 0.495 e. The molecule has 0 aliphatic rings. The van der Waals surface area contributed by atoms with Crippen LogP contribution in [-0.2, 0) is 0 Å². The Hall–Kier alpha value is -4.03. The summed E-state index contributed by atoms with van der Waals surface area (Å²) in [6, 6.07) is 23.6. The van der Waals surface area contributed by atoms with Crippen molar-refractivity contribution in [3.05, 3.63) is 101 Å². The Morgan fingerprint density at radius 3 is 2.09 bits per heavy atom. The van der Waals surface area contributed by atoms with E-state index < -0.39 is 11.8 Å². The summed E-state index contributed by atoms with van der Waals surface area (Å²) in [5, 5.41) is 0.288. The Bertz CT molecular complexity index is 1250. The number of methoxy groups -OCH3 is 1. The molecule has 1 heterocycles. The van der Waals surface area contributed by atoms with Gasteiger partial charge in [0, 0.05) is 16.7 Å². The Morgan fingerprint density at radius 1 is 0.844 bits per heavy atom. The van der Waals surface area contributed by atoms with Crippen LogP contribution in [0.25, 0.3) is 22.3 Å². The molecule has 1 aromatic heterocycles. The molecule has 0 unspecified atom stereocenters. The second-order valence-electron chi connectivity index (χ2n) is 6.84. The zero-order valence-electron chi connectivity index (χ0n) is 17.1. The summed E-state index contributed by atoms with van der Waals surface area (Å²) >= 11 is 6.07. The van der Waals surface area contributed by atoms with Gasteiger partial charge >= 0.3 is 5.91 Å². The smallest absolute Gasteiger partial charge is 0.306 e. The maximum absolute atomic E-state index is 12.9. The second-order valence-corrected chi connectivity index (χ2v) is 7.25. The lowest BCUT2D eigenvalue weighted by Gasteiger charge is -2.10. The van der Waals surface area contributed by atoms with Crippen molar-refractivity contribution in [2.75, 3.05) is 7.11 Å². The molecular formula is C25H19ClN2O4. The average Bonchev–Trinajstić information content (AvgIpc) is 3.28. The first-order chi connectivity index (χ1) is 15.6. The van der Waals surface area contributed by atoms with Crippen molar-refractivity contribution >= 4 is 23.4 Å². The number of carbonyl (C=O) groups is 2. The Kier molecular flexibility index (Phi) is 6.24. The highest BCUT2D eigenvalue weighted by atomic mass is 35.5. The third kappa shape index (κ3) is 4.36. The number of furan rings is 1. The fourth-order valence-electron chi connectivity index (χ4n) is 3.30. The summed E-state index contributed by atoms with van der Waals surface area (Å²) in [4.78, 5) is 25.4. The second kappa shape index (κ2) is 9.41. The quantitative estimate of drug-likeness (QED) is 0.405. The van der Waals surface area contributed by atoms with E-state index in [9.17, 15) is 9.59 Å². The zero-order chi connectivity index (χ0) is 22.5. The maximum atomic E-state index is 12.9. The van der Waals surface area contributed by atoms with Gasteiger partial charge in [0.1, 0.15) is 5.75 Å². The monoisotopic (exact) mass is 446 g/mol. The standard InChI is InChI=1S/C25H19ClN2O4/c1-31-21-13-12-18(14-20(21)26)24(29)27-28-25(30)23-22(17-10-6-3-7-11-17)19(15-32-23)16-8-4-2-5-9-16/h2-15H,1H3,(H,27,29)(H,28,30). The number of hydrogen-bond acceptors (Lipinski definition) is 4. The number of halogens is 1. The summed E-state index contributed by atoms with van der Waals surface area (Å²) in [6.07, 6.45) is 1.54. The summed E-state index contributed by atoms with van der Waals surface area (Å²) in [6.45, 7) is 0. The van der Waals surface area contributed by atoms with Gasteiger partial charge in [-0.2, -0.15) is 0 Å². The topological polar surface area (TPSA) is 80.6 Å². The Morgan fingerprint density at radius 2 is 1.47 bits per heavy atom. The van der Waals surface area contributed by atoms with Gasteiger partial charge in [-0.15, -0.1) is 0 Å². The molecule has 0 spiro atoms.